The summed E-state index contributed by atoms with van der Waals surface area (Å²) in [6, 6.07) is 15.7. The second-order valence-electron chi connectivity index (χ2n) is 7.41. The number of amides is 1. The highest BCUT2D eigenvalue weighted by atomic mass is 16.1. The zero-order chi connectivity index (χ0) is 19.1. The molecule has 2 aromatic heterocycles. The van der Waals surface area contributed by atoms with E-state index in [-0.39, 0.29) is 17.9 Å². The Bertz CT molecular complexity index is 1140. The van der Waals surface area contributed by atoms with E-state index in [1.165, 1.54) is 0 Å². The quantitative estimate of drug-likeness (QED) is 0.593. The predicted molar refractivity (Wildman–Crippen MR) is 109 cm³/mol. The second-order valence-corrected chi connectivity index (χ2v) is 7.41. The van der Waals surface area contributed by atoms with Gasteiger partial charge in [-0.2, -0.15) is 0 Å². The van der Waals surface area contributed by atoms with E-state index in [2.05, 4.69) is 23.7 Å². The lowest BCUT2D eigenvalue weighted by Gasteiger charge is -2.22. The van der Waals surface area contributed by atoms with Crippen LogP contribution in [0.25, 0.3) is 21.9 Å². The molecule has 4 rings (SSSR count). The molecular formula is C22H24N4O. The van der Waals surface area contributed by atoms with Gasteiger partial charge >= 0.3 is 0 Å². The molecule has 2 aromatic carbocycles. The summed E-state index contributed by atoms with van der Waals surface area (Å²) in [5, 5.41) is 4.33. The maximum Gasteiger partial charge on any atom is 0.251 e. The molecule has 1 atom stereocenters. The van der Waals surface area contributed by atoms with Crippen LogP contribution in [0.3, 0.4) is 0 Å². The molecule has 5 nitrogen and oxygen atoms in total. The van der Waals surface area contributed by atoms with Crippen LogP contribution in [0.2, 0.25) is 0 Å². The number of benzene rings is 2. The van der Waals surface area contributed by atoms with Gasteiger partial charge in [-0.3, -0.25) is 4.79 Å². The molecule has 0 bridgehead atoms. The van der Waals surface area contributed by atoms with Crippen molar-refractivity contribution >= 4 is 27.8 Å². The summed E-state index contributed by atoms with van der Waals surface area (Å²) in [7, 11) is 3.99. The second kappa shape index (κ2) is 6.58. The minimum atomic E-state index is -0.168. The minimum absolute atomic E-state index is 0.0798. The summed E-state index contributed by atoms with van der Waals surface area (Å²) >= 11 is 0. The van der Waals surface area contributed by atoms with E-state index < -0.39 is 0 Å². The number of rotatable bonds is 4. The normalized spacial score (nSPS) is 12.8. The van der Waals surface area contributed by atoms with Gasteiger partial charge in [-0.15, -0.1) is 0 Å². The summed E-state index contributed by atoms with van der Waals surface area (Å²) in [5.74, 6) is 1.01. The molecule has 0 aliphatic heterocycles. The van der Waals surface area contributed by atoms with Gasteiger partial charge in [0.1, 0.15) is 5.82 Å². The maximum atomic E-state index is 13.0. The largest absolute Gasteiger partial charge is 0.351 e. The molecule has 1 N–H and O–H groups in total. The van der Waals surface area contributed by atoms with E-state index in [0.717, 1.165) is 27.8 Å². The Morgan fingerprint density at radius 3 is 2.56 bits per heavy atom. The van der Waals surface area contributed by atoms with Crippen LogP contribution in [0.15, 0.2) is 54.7 Å². The Morgan fingerprint density at radius 1 is 1.04 bits per heavy atom. The van der Waals surface area contributed by atoms with Crippen LogP contribution in [-0.4, -0.2) is 20.0 Å². The monoisotopic (exact) mass is 360 g/mol. The van der Waals surface area contributed by atoms with Gasteiger partial charge in [0.2, 0.25) is 0 Å². The van der Waals surface area contributed by atoms with Crippen molar-refractivity contribution in [2.45, 2.75) is 19.9 Å². The molecule has 0 unspecified atom stereocenters. The number of nitrogens with one attached hydrogen (secondary N) is 1. The molecule has 4 aromatic rings. The first-order chi connectivity index (χ1) is 13.0. The Balaban J connectivity index is 1.68. The van der Waals surface area contributed by atoms with Crippen molar-refractivity contribution in [1.82, 2.24) is 19.4 Å². The molecule has 27 heavy (non-hydrogen) atoms. The molecular weight excluding hydrogens is 336 g/mol. The van der Waals surface area contributed by atoms with Gasteiger partial charge in [0.05, 0.1) is 17.1 Å². The average Bonchev–Trinajstić information content (AvgIpc) is 3.20. The van der Waals surface area contributed by atoms with E-state index >= 15 is 0 Å². The predicted octanol–water partition coefficient (Wildman–Crippen LogP) is 4.19. The number of nitrogens with zero attached hydrogens (tertiary/aromatic N) is 3. The third kappa shape index (κ3) is 2.99. The van der Waals surface area contributed by atoms with Crippen molar-refractivity contribution in [1.29, 1.82) is 0 Å². The smallest absolute Gasteiger partial charge is 0.251 e. The number of imidazole rings is 1. The van der Waals surface area contributed by atoms with Gasteiger partial charge in [0.15, 0.2) is 0 Å². The summed E-state index contributed by atoms with van der Waals surface area (Å²) in [5.41, 5.74) is 3.72. The zero-order valence-corrected chi connectivity index (χ0v) is 16.1. The fourth-order valence-electron chi connectivity index (χ4n) is 3.60. The van der Waals surface area contributed by atoms with Gasteiger partial charge in [0, 0.05) is 31.4 Å². The first-order valence-electron chi connectivity index (χ1n) is 9.23. The van der Waals surface area contributed by atoms with Crippen LogP contribution in [0.5, 0.6) is 0 Å². The Kier molecular flexibility index (Phi) is 4.22. The number of carbonyl (C=O) groups excluding carboxylic acids is 1. The highest BCUT2D eigenvalue weighted by molar-refractivity contribution is 5.98. The molecule has 0 radical (unpaired) electrons. The minimum Gasteiger partial charge on any atom is -0.351 e. The maximum absolute atomic E-state index is 13.0. The van der Waals surface area contributed by atoms with Gasteiger partial charge in [-0.1, -0.05) is 32.0 Å². The number of aromatic nitrogens is 3. The highest BCUT2D eigenvalue weighted by Crippen LogP contribution is 2.25. The Labute approximate surface area is 158 Å². The van der Waals surface area contributed by atoms with Crippen molar-refractivity contribution in [3.63, 3.8) is 0 Å². The first kappa shape index (κ1) is 17.3. The van der Waals surface area contributed by atoms with E-state index in [1.807, 2.05) is 73.4 Å². The number of hydrogen-bond donors (Lipinski definition) is 1. The topological polar surface area (TPSA) is 51.9 Å². The van der Waals surface area contributed by atoms with Gasteiger partial charge in [-0.05, 0) is 41.6 Å². The van der Waals surface area contributed by atoms with Crippen molar-refractivity contribution in [2.24, 2.45) is 20.0 Å². The Hall–Kier alpha value is -3.08. The summed E-state index contributed by atoms with van der Waals surface area (Å²) in [6.45, 7) is 4.20. The number of fused-ring (bicyclic) bond motifs is 2. The lowest BCUT2D eigenvalue weighted by Crippen LogP contribution is -2.33. The van der Waals surface area contributed by atoms with E-state index in [0.29, 0.717) is 5.56 Å². The fourth-order valence-corrected chi connectivity index (χ4v) is 3.60. The van der Waals surface area contributed by atoms with E-state index in [1.54, 1.807) is 0 Å². The molecule has 0 saturated carbocycles. The van der Waals surface area contributed by atoms with Crippen LogP contribution < -0.4 is 5.32 Å². The molecule has 0 saturated heterocycles. The lowest BCUT2D eigenvalue weighted by molar-refractivity contribution is 0.0922. The van der Waals surface area contributed by atoms with Crippen LogP contribution in [0, 0.1) is 5.92 Å². The standard InChI is InChI=1S/C22H24N4O/c1-14(2)20(21-23-17-7-5-6-8-18(17)26(21)4)24-22(27)16-10-9-15-11-12-25(3)19(15)13-16/h5-14,20H,1-4H3,(H,24,27)/t20-/m0/s1. The molecule has 5 heteroatoms. The number of para-hydroxylation sites is 2. The molecule has 0 aliphatic carbocycles. The van der Waals surface area contributed by atoms with Crippen LogP contribution >= 0.6 is 0 Å². The third-order valence-electron chi connectivity index (χ3n) is 5.20. The number of carbonyl (C=O) groups is 1. The van der Waals surface area contributed by atoms with E-state index in [4.69, 9.17) is 4.98 Å². The number of aryl methyl sites for hydroxylation is 2. The molecule has 1 amide bonds. The SMILES string of the molecule is CC(C)[C@H](NC(=O)c1ccc2ccn(C)c2c1)c1nc2ccccc2n1C. The molecule has 2 heterocycles. The van der Waals surface area contributed by atoms with Crippen molar-refractivity contribution in [2.75, 3.05) is 0 Å². The highest BCUT2D eigenvalue weighted by Gasteiger charge is 2.24. The number of hydrogen-bond acceptors (Lipinski definition) is 2. The summed E-state index contributed by atoms with van der Waals surface area (Å²) in [4.78, 5) is 17.8. The molecule has 0 aliphatic rings. The van der Waals surface area contributed by atoms with Crippen molar-refractivity contribution < 1.29 is 4.79 Å². The Morgan fingerprint density at radius 2 is 1.81 bits per heavy atom. The molecule has 138 valence electrons. The molecule has 0 fully saturated rings. The summed E-state index contributed by atoms with van der Waals surface area (Å²) in [6.07, 6.45) is 2.00. The van der Waals surface area contributed by atoms with Crippen molar-refractivity contribution in [3.8, 4) is 0 Å². The van der Waals surface area contributed by atoms with Crippen LogP contribution in [0.4, 0.5) is 0 Å². The van der Waals surface area contributed by atoms with Gasteiger partial charge < -0.3 is 14.5 Å². The van der Waals surface area contributed by atoms with Crippen molar-refractivity contribution in [3.05, 3.63) is 66.1 Å². The van der Waals surface area contributed by atoms with E-state index in [9.17, 15) is 4.79 Å². The third-order valence-corrected chi connectivity index (χ3v) is 5.20. The lowest BCUT2D eigenvalue weighted by atomic mass is 10.0. The first-order valence-corrected chi connectivity index (χ1v) is 9.23. The fraction of sp³-hybridized carbons (Fsp3) is 0.273. The summed E-state index contributed by atoms with van der Waals surface area (Å²) < 4.78 is 4.10. The van der Waals surface area contributed by atoms with Gasteiger partial charge in [-0.25, -0.2) is 4.98 Å². The molecule has 0 spiro atoms. The van der Waals surface area contributed by atoms with Crippen LogP contribution in [-0.2, 0) is 14.1 Å². The van der Waals surface area contributed by atoms with Gasteiger partial charge in [0.25, 0.3) is 5.91 Å². The van der Waals surface area contributed by atoms with Crippen LogP contribution in [0.1, 0.15) is 36.1 Å². The average molecular weight is 360 g/mol. The zero-order valence-electron chi connectivity index (χ0n) is 16.1.